The Labute approximate surface area is 160 Å². The van der Waals surface area contributed by atoms with E-state index in [2.05, 4.69) is 57.4 Å². The van der Waals surface area contributed by atoms with Gasteiger partial charge in [-0.3, -0.25) is 0 Å². The average Bonchev–Trinajstić information content (AvgIpc) is 3.01. The Morgan fingerprint density at radius 1 is 1.00 bits per heavy atom. The van der Waals surface area contributed by atoms with Gasteiger partial charge in [0.15, 0.2) is 0 Å². The number of hydrogen-bond donors (Lipinski definition) is 1. The van der Waals surface area contributed by atoms with Crippen molar-refractivity contribution in [1.29, 1.82) is 0 Å². The first-order chi connectivity index (χ1) is 12.8. The van der Waals surface area contributed by atoms with Crippen molar-refractivity contribution < 1.29 is 0 Å². The summed E-state index contributed by atoms with van der Waals surface area (Å²) < 4.78 is 2.36. The zero-order chi connectivity index (χ0) is 17.8. The number of fused-ring (bicyclic) bond motifs is 1. The van der Waals surface area contributed by atoms with Gasteiger partial charge in [-0.1, -0.05) is 41.9 Å². The summed E-state index contributed by atoms with van der Waals surface area (Å²) in [4.78, 5) is 2.57. The fraction of sp³-hybridized carbons (Fsp3) is 0.364. The third kappa shape index (κ3) is 4.12. The predicted molar refractivity (Wildman–Crippen MR) is 110 cm³/mol. The monoisotopic (exact) mass is 367 g/mol. The summed E-state index contributed by atoms with van der Waals surface area (Å²) in [5.41, 5.74) is 4.01. The van der Waals surface area contributed by atoms with E-state index in [9.17, 15) is 0 Å². The number of nitrogens with one attached hydrogen (secondary N) is 1. The first kappa shape index (κ1) is 17.6. The number of rotatable bonds is 6. The van der Waals surface area contributed by atoms with E-state index in [-0.39, 0.29) is 0 Å². The molecule has 1 aliphatic heterocycles. The molecule has 26 heavy (non-hydrogen) atoms. The molecule has 0 radical (unpaired) electrons. The first-order valence-electron chi connectivity index (χ1n) is 9.54. The largest absolute Gasteiger partial charge is 0.343 e. The zero-order valence-corrected chi connectivity index (χ0v) is 15.9. The van der Waals surface area contributed by atoms with Gasteiger partial charge in [0.05, 0.1) is 0 Å². The van der Waals surface area contributed by atoms with Gasteiger partial charge >= 0.3 is 0 Å². The van der Waals surface area contributed by atoms with Gasteiger partial charge in [0.2, 0.25) is 0 Å². The Bertz CT molecular complexity index is 865. The lowest BCUT2D eigenvalue weighted by atomic mass is 10.1. The fourth-order valence-electron chi connectivity index (χ4n) is 3.91. The molecule has 0 atom stereocenters. The third-order valence-electron chi connectivity index (χ3n) is 5.24. The SMILES string of the molecule is Clc1cccc(Cn2cc(CCCN3CCNCC3)c3ccccc32)c1. The smallest absolute Gasteiger partial charge is 0.0486 e. The van der Waals surface area contributed by atoms with Crippen LogP contribution in [0.25, 0.3) is 10.9 Å². The number of benzene rings is 2. The summed E-state index contributed by atoms with van der Waals surface area (Å²) >= 11 is 6.16. The maximum absolute atomic E-state index is 6.16. The molecule has 0 spiro atoms. The van der Waals surface area contributed by atoms with Gasteiger partial charge in [-0.25, -0.2) is 0 Å². The van der Waals surface area contributed by atoms with Crippen molar-refractivity contribution in [2.45, 2.75) is 19.4 Å². The molecule has 1 saturated heterocycles. The molecule has 136 valence electrons. The van der Waals surface area contributed by atoms with Crippen LogP contribution in [-0.4, -0.2) is 42.2 Å². The number of halogens is 1. The predicted octanol–water partition coefficient (Wildman–Crippen LogP) is 4.18. The molecule has 1 aromatic heterocycles. The molecule has 0 saturated carbocycles. The van der Waals surface area contributed by atoms with E-state index in [1.54, 1.807) is 0 Å². The molecule has 3 aromatic rings. The molecule has 4 heteroatoms. The maximum atomic E-state index is 6.16. The molecular formula is C22H26ClN3. The van der Waals surface area contributed by atoms with Gasteiger partial charge in [-0.05, 0) is 48.7 Å². The van der Waals surface area contributed by atoms with Gasteiger partial charge in [-0.2, -0.15) is 0 Å². The highest BCUT2D eigenvalue weighted by atomic mass is 35.5. The van der Waals surface area contributed by atoms with Crippen LogP contribution in [0.4, 0.5) is 0 Å². The molecule has 1 N–H and O–H groups in total. The van der Waals surface area contributed by atoms with E-state index in [4.69, 9.17) is 11.6 Å². The second kappa shape index (κ2) is 8.26. The molecule has 2 aromatic carbocycles. The zero-order valence-electron chi connectivity index (χ0n) is 15.1. The van der Waals surface area contributed by atoms with Gasteiger partial charge in [-0.15, -0.1) is 0 Å². The first-order valence-corrected chi connectivity index (χ1v) is 9.92. The van der Waals surface area contributed by atoms with Crippen LogP contribution in [0.1, 0.15) is 17.5 Å². The number of aromatic nitrogens is 1. The molecule has 0 unspecified atom stereocenters. The number of piperazine rings is 1. The summed E-state index contributed by atoms with van der Waals surface area (Å²) in [5.74, 6) is 0. The molecule has 0 amide bonds. The number of aryl methyl sites for hydroxylation is 1. The summed E-state index contributed by atoms with van der Waals surface area (Å²) in [6, 6.07) is 16.9. The average molecular weight is 368 g/mol. The van der Waals surface area contributed by atoms with Crippen molar-refractivity contribution in [3.05, 3.63) is 70.9 Å². The van der Waals surface area contributed by atoms with Crippen molar-refractivity contribution in [3.8, 4) is 0 Å². The second-order valence-electron chi connectivity index (χ2n) is 7.12. The Morgan fingerprint density at radius 2 is 1.85 bits per heavy atom. The van der Waals surface area contributed by atoms with Crippen molar-refractivity contribution >= 4 is 22.5 Å². The highest BCUT2D eigenvalue weighted by Gasteiger charge is 2.11. The molecule has 0 aliphatic carbocycles. The van der Waals surface area contributed by atoms with Crippen molar-refractivity contribution in [3.63, 3.8) is 0 Å². The molecule has 1 fully saturated rings. The number of hydrogen-bond acceptors (Lipinski definition) is 2. The Hall–Kier alpha value is -1.81. The van der Waals surface area contributed by atoms with Crippen LogP contribution in [0.5, 0.6) is 0 Å². The third-order valence-corrected chi connectivity index (χ3v) is 5.48. The van der Waals surface area contributed by atoms with Gasteiger partial charge in [0, 0.05) is 54.8 Å². The maximum Gasteiger partial charge on any atom is 0.0486 e. The Kier molecular flexibility index (Phi) is 5.59. The molecule has 1 aliphatic rings. The lowest BCUT2D eigenvalue weighted by Crippen LogP contribution is -2.43. The quantitative estimate of drug-likeness (QED) is 0.705. The summed E-state index contributed by atoms with van der Waals surface area (Å²) in [6.45, 7) is 6.65. The fourth-order valence-corrected chi connectivity index (χ4v) is 4.13. The van der Waals surface area contributed by atoms with E-state index in [1.165, 1.54) is 48.1 Å². The van der Waals surface area contributed by atoms with Crippen LogP contribution in [-0.2, 0) is 13.0 Å². The van der Waals surface area contributed by atoms with Crippen LogP contribution in [0.2, 0.25) is 5.02 Å². The van der Waals surface area contributed by atoms with Gasteiger partial charge in [0.25, 0.3) is 0 Å². The van der Waals surface area contributed by atoms with E-state index < -0.39 is 0 Å². The molecule has 4 rings (SSSR count). The van der Waals surface area contributed by atoms with E-state index >= 15 is 0 Å². The number of nitrogens with zero attached hydrogens (tertiary/aromatic N) is 2. The van der Waals surface area contributed by atoms with Crippen molar-refractivity contribution in [2.24, 2.45) is 0 Å². The van der Waals surface area contributed by atoms with E-state index in [0.717, 1.165) is 31.1 Å². The van der Waals surface area contributed by atoms with Crippen LogP contribution >= 0.6 is 11.6 Å². The van der Waals surface area contributed by atoms with Crippen LogP contribution in [0.3, 0.4) is 0 Å². The standard InChI is InChI=1S/C22H26ClN3/c23-20-7-3-5-18(15-20)16-26-17-19(21-8-1-2-9-22(21)26)6-4-12-25-13-10-24-11-14-25/h1-3,5,7-9,15,17,24H,4,6,10-14,16H2. The van der Waals surface area contributed by atoms with Crippen LogP contribution in [0.15, 0.2) is 54.7 Å². The minimum absolute atomic E-state index is 0.801. The summed E-state index contributed by atoms with van der Waals surface area (Å²) in [7, 11) is 0. The lowest BCUT2D eigenvalue weighted by Gasteiger charge is -2.26. The van der Waals surface area contributed by atoms with E-state index in [0.29, 0.717) is 0 Å². The van der Waals surface area contributed by atoms with E-state index in [1.807, 2.05) is 12.1 Å². The lowest BCUT2D eigenvalue weighted by molar-refractivity contribution is 0.238. The van der Waals surface area contributed by atoms with Crippen LogP contribution in [0, 0.1) is 0 Å². The minimum Gasteiger partial charge on any atom is -0.343 e. The van der Waals surface area contributed by atoms with Crippen LogP contribution < -0.4 is 5.32 Å². The summed E-state index contributed by atoms with van der Waals surface area (Å²) in [5, 5.41) is 5.61. The highest BCUT2D eigenvalue weighted by molar-refractivity contribution is 6.30. The molecule has 2 heterocycles. The molecule has 3 nitrogen and oxygen atoms in total. The topological polar surface area (TPSA) is 20.2 Å². The molecule has 0 bridgehead atoms. The Balaban J connectivity index is 1.50. The second-order valence-corrected chi connectivity index (χ2v) is 7.56. The highest BCUT2D eigenvalue weighted by Crippen LogP contribution is 2.24. The van der Waals surface area contributed by atoms with Gasteiger partial charge < -0.3 is 14.8 Å². The Morgan fingerprint density at radius 3 is 2.69 bits per heavy atom. The summed E-state index contributed by atoms with van der Waals surface area (Å²) in [6.07, 6.45) is 4.68. The molecular weight excluding hydrogens is 342 g/mol. The van der Waals surface area contributed by atoms with Crippen molar-refractivity contribution in [1.82, 2.24) is 14.8 Å². The van der Waals surface area contributed by atoms with Gasteiger partial charge in [0.1, 0.15) is 0 Å². The number of para-hydroxylation sites is 1. The van der Waals surface area contributed by atoms with Crippen molar-refractivity contribution in [2.75, 3.05) is 32.7 Å². The minimum atomic E-state index is 0.801. The normalized spacial score (nSPS) is 15.6.